The van der Waals surface area contributed by atoms with Gasteiger partial charge in [-0.1, -0.05) is 29.8 Å². The van der Waals surface area contributed by atoms with Crippen molar-refractivity contribution in [3.05, 3.63) is 59.7 Å². The molecule has 0 unspecified atom stereocenters. The van der Waals surface area contributed by atoms with Crippen LogP contribution in [0.5, 0.6) is 0 Å². The molecule has 0 aromatic heterocycles. The topological polar surface area (TPSA) is 58.0 Å². The van der Waals surface area contributed by atoms with Gasteiger partial charge in [-0.05, 0) is 36.8 Å². The minimum atomic E-state index is -3.46. The first-order chi connectivity index (χ1) is 8.54. The van der Waals surface area contributed by atoms with Crippen LogP contribution in [0.15, 0.2) is 58.3 Å². The Hall–Kier alpha value is -1.94. The van der Waals surface area contributed by atoms with Crippen LogP contribution in [0.4, 0.5) is 0 Å². The Morgan fingerprint density at radius 2 is 1.33 bits per heavy atom. The molecule has 0 radical (unpaired) electrons. The predicted octanol–water partition coefficient (Wildman–Crippen LogP) is 2.83. The average Bonchev–Trinajstić information content (AvgIpc) is 2.39. The van der Waals surface area contributed by atoms with Crippen LogP contribution in [0, 0.1) is 12.3 Å². The Kier molecular flexibility index (Phi) is 3.30. The Labute approximate surface area is 107 Å². The average molecular weight is 259 g/mol. The van der Waals surface area contributed by atoms with Gasteiger partial charge in [-0.2, -0.15) is 0 Å². The fourth-order valence-corrected chi connectivity index (χ4v) is 2.86. The number of aryl methyl sites for hydroxylation is 1. The van der Waals surface area contributed by atoms with Crippen LogP contribution in [0.3, 0.4) is 0 Å². The molecule has 0 aliphatic heterocycles. The van der Waals surface area contributed by atoms with Gasteiger partial charge in [0.1, 0.15) is 0 Å². The maximum atomic E-state index is 12.3. The molecule has 0 heterocycles. The second-order valence-corrected chi connectivity index (χ2v) is 5.98. The van der Waals surface area contributed by atoms with Crippen molar-refractivity contribution in [3.63, 3.8) is 0 Å². The van der Waals surface area contributed by atoms with Crippen molar-refractivity contribution in [1.82, 2.24) is 0 Å². The molecule has 0 saturated carbocycles. The van der Waals surface area contributed by atoms with Gasteiger partial charge in [-0.25, -0.2) is 8.42 Å². The summed E-state index contributed by atoms with van der Waals surface area (Å²) in [6.07, 6.45) is 1.18. The molecule has 4 heteroatoms. The Morgan fingerprint density at radius 1 is 0.889 bits per heavy atom. The quantitative estimate of drug-likeness (QED) is 0.862. The van der Waals surface area contributed by atoms with Crippen molar-refractivity contribution in [3.8, 4) is 0 Å². The van der Waals surface area contributed by atoms with E-state index in [1.54, 1.807) is 36.4 Å². The van der Waals surface area contributed by atoms with Gasteiger partial charge < -0.3 is 5.41 Å². The minimum absolute atomic E-state index is 0.247. The highest BCUT2D eigenvalue weighted by molar-refractivity contribution is 7.91. The lowest BCUT2D eigenvalue weighted by molar-refractivity contribution is 0.596. The second-order valence-electron chi connectivity index (χ2n) is 4.03. The monoisotopic (exact) mass is 259 g/mol. The summed E-state index contributed by atoms with van der Waals surface area (Å²) in [6.45, 7) is 1.91. The molecule has 2 aromatic rings. The number of hydrogen-bond acceptors (Lipinski definition) is 3. The van der Waals surface area contributed by atoms with Crippen LogP contribution in [-0.4, -0.2) is 14.6 Å². The van der Waals surface area contributed by atoms with E-state index in [2.05, 4.69) is 0 Å². The summed E-state index contributed by atoms with van der Waals surface area (Å²) in [5, 5.41) is 7.08. The van der Waals surface area contributed by atoms with Crippen LogP contribution in [0.2, 0.25) is 0 Å². The van der Waals surface area contributed by atoms with E-state index in [4.69, 9.17) is 5.41 Å². The summed E-state index contributed by atoms with van der Waals surface area (Å²) in [5.41, 5.74) is 1.70. The van der Waals surface area contributed by atoms with E-state index in [-0.39, 0.29) is 9.79 Å². The molecule has 2 aromatic carbocycles. The highest BCUT2D eigenvalue weighted by atomic mass is 32.2. The summed E-state index contributed by atoms with van der Waals surface area (Å²) in [5.74, 6) is 0. The molecule has 18 heavy (non-hydrogen) atoms. The Morgan fingerprint density at radius 3 is 1.78 bits per heavy atom. The van der Waals surface area contributed by atoms with Crippen LogP contribution in [0.1, 0.15) is 11.1 Å². The number of benzene rings is 2. The molecule has 1 N–H and O–H groups in total. The van der Waals surface area contributed by atoms with Crippen molar-refractivity contribution in [1.29, 1.82) is 5.41 Å². The lowest BCUT2D eigenvalue weighted by atomic mass is 10.2. The smallest absolute Gasteiger partial charge is 0.206 e. The van der Waals surface area contributed by atoms with E-state index >= 15 is 0 Å². The van der Waals surface area contributed by atoms with E-state index in [1.165, 1.54) is 18.3 Å². The van der Waals surface area contributed by atoms with Crippen molar-refractivity contribution >= 4 is 16.1 Å². The zero-order valence-electron chi connectivity index (χ0n) is 9.92. The Balaban J connectivity index is 2.47. The fourth-order valence-electron chi connectivity index (χ4n) is 1.60. The van der Waals surface area contributed by atoms with Gasteiger partial charge >= 0.3 is 0 Å². The molecule has 0 atom stereocenters. The van der Waals surface area contributed by atoms with Gasteiger partial charge in [0.2, 0.25) is 9.84 Å². The molecule has 0 aliphatic rings. The largest absolute Gasteiger partial charge is 0.308 e. The maximum absolute atomic E-state index is 12.3. The summed E-state index contributed by atoms with van der Waals surface area (Å²) >= 11 is 0. The van der Waals surface area contributed by atoms with Gasteiger partial charge in [-0.15, -0.1) is 0 Å². The molecular weight excluding hydrogens is 246 g/mol. The number of nitrogens with one attached hydrogen (secondary N) is 1. The van der Waals surface area contributed by atoms with E-state index in [0.29, 0.717) is 5.56 Å². The second kappa shape index (κ2) is 4.74. The minimum Gasteiger partial charge on any atom is -0.308 e. The standard InChI is InChI=1S/C14H13NO2S/c1-11-2-6-13(7-3-11)18(16,17)14-8-4-12(10-15)5-9-14/h2-10,15H,1H3. The molecule has 92 valence electrons. The van der Waals surface area contributed by atoms with Crippen molar-refractivity contribution < 1.29 is 8.42 Å². The molecular formula is C14H13NO2S. The van der Waals surface area contributed by atoms with Crippen molar-refractivity contribution in [2.45, 2.75) is 16.7 Å². The molecule has 3 nitrogen and oxygen atoms in total. The fraction of sp³-hybridized carbons (Fsp3) is 0.0714. The first-order valence-corrected chi connectivity index (χ1v) is 6.94. The number of rotatable bonds is 3. The maximum Gasteiger partial charge on any atom is 0.206 e. The van der Waals surface area contributed by atoms with E-state index in [1.807, 2.05) is 6.92 Å². The third-order valence-electron chi connectivity index (χ3n) is 2.69. The van der Waals surface area contributed by atoms with Gasteiger partial charge in [0.05, 0.1) is 9.79 Å². The lowest BCUT2D eigenvalue weighted by Gasteiger charge is -2.05. The number of sulfone groups is 1. The third-order valence-corrected chi connectivity index (χ3v) is 4.47. The number of hydrogen-bond donors (Lipinski definition) is 1. The van der Waals surface area contributed by atoms with Gasteiger partial charge in [0.15, 0.2) is 0 Å². The van der Waals surface area contributed by atoms with Gasteiger partial charge in [-0.3, -0.25) is 0 Å². The predicted molar refractivity (Wildman–Crippen MR) is 71.0 cm³/mol. The lowest BCUT2D eigenvalue weighted by Crippen LogP contribution is -2.02. The van der Waals surface area contributed by atoms with E-state index in [9.17, 15) is 8.42 Å². The third kappa shape index (κ3) is 2.33. The first-order valence-electron chi connectivity index (χ1n) is 5.46. The zero-order chi connectivity index (χ0) is 13.2. The molecule has 2 rings (SSSR count). The van der Waals surface area contributed by atoms with Crippen LogP contribution in [0.25, 0.3) is 0 Å². The normalized spacial score (nSPS) is 11.2. The summed E-state index contributed by atoms with van der Waals surface area (Å²) in [6, 6.07) is 13.1. The molecule has 0 amide bonds. The summed E-state index contributed by atoms with van der Waals surface area (Å²) in [7, 11) is -3.46. The van der Waals surface area contributed by atoms with Crippen LogP contribution >= 0.6 is 0 Å². The highest BCUT2D eigenvalue weighted by Gasteiger charge is 2.16. The van der Waals surface area contributed by atoms with E-state index < -0.39 is 9.84 Å². The first kappa shape index (κ1) is 12.5. The van der Waals surface area contributed by atoms with Crippen molar-refractivity contribution in [2.24, 2.45) is 0 Å². The molecule has 0 aliphatic carbocycles. The van der Waals surface area contributed by atoms with Crippen LogP contribution in [-0.2, 0) is 9.84 Å². The zero-order valence-corrected chi connectivity index (χ0v) is 10.7. The highest BCUT2D eigenvalue weighted by Crippen LogP contribution is 2.21. The van der Waals surface area contributed by atoms with Crippen molar-refractivity contribution in [2.75, 3.05) is 0 Å². The molecule has 0 saturated heterocycles. The molecule has 0 fully saturated rings. The van der Waals surface area contributed by atoms with E-state index in [0.717, 1.165) is 5.56 Å². The summed E-state index contributed by atoms with van der Waals surface area (Å²) < 4.78 is 24.6. The van der Waals surface area contributed by atoms with Crippen LogP contribution < -0.4 is 0 Å². The SMILES string of the molecule is Cc1ccc(S(=O)(=O)c2ccc(C=N)cc2)cc1. The molecule has 0 spiro atoms. The Bertz CT molecular complexity index is 656. The molecule has 0 bridgehead atoms. The van der Waals surface area contributed by atoms with Gasteiger partial charge in [0.25, 0.3) is 0 Å². The van der Waals surface area contributed by atoms with Gasteiger partial charge in [0, 0.05) is 6.21 Å². The summed E-state index contributed by atoms with van der Waals surface area (Å²) in [4.78, 5) is 0.535.